The molecule has 0 radical (unpaired) electrons. The maximum absolute atomic E-state index is 11.7. The summed E-state index contributed by atoms with van der Waals surface area (Å²) in [7, 11) is 1.59. The van der Waals surface area contributed by atoms with Gasteiger partial charge in [-0.1, -0.05) is 11.3 Å². The predicted molar refractivity (Wildman–Crippen MR) is 72.8 cm³/mol. The maximum Gasteiger partial charge on any atom is 0.278 e. The van der Waals surface area contributed by atoms with Gasteiger partial charge in [-0.15, -0.1) is 0 Å². The van der Waals surface area contributed by atoms with Gasteiger partial charge in [0.1, 0.15) is 5.75 Å². The number of amides is 1. The number of carbonyl (C=O) groups excluding carboxylic acids is 1. The number of benzene rings is 1. The van der Waals surface area contributed by atoms with Gasteiger partial charge in [-0.2, -0.15) is 0 Å². The molecule has 0 saturated heterocycles. The quantitative estimate of drug-likeness (QED) is 0.824. The molecular formula is C13H14N2O3S. The van der Waals surface area contributed by atoms with Crippen LogP contribution in [0.1, 0.15) is 10.4 Å². The van der Waals surface area contributed by atoms with Gasteiger partial charge in [0.15, 0.2) is 0 Å². The van der Waals surface area contributed by atoms with E-state index in [9.17, 15) is 4.79 Å². The Bertz CT molecular complexity index is 511. The lowest BCUT2D eigenvalue weighted by molar-refractivity contribution is 0.0937. The summed E-state index contributed by atoms with van der Waals surface area (Å²) in [6, 6.07) is 6.91. The maximum atomic E-state index is 11.7. The topological polar surface area (TPSA) is 60.5 Å². The van der Waals surface area contributed by atoms with Crippen molar-refractivity contribution in [1.29, 1.82) is 0 Å². The SMILES string of the molecule is COCCNC(=O)c1ccc(Oc2nccs2)cc1. The zero-order chi connectivity index (χ0) is 13.5. The van der Waals surface area contributed by atoms with E-state index in [1.54, 1.807) is 37.6 Å². The van der Waals surface area contributed by atoms with Gasteiger partial charge < -0.3 is 14.8 Å². The molecular weight excluding hydrogens is 264 g/mol. The summed E-state index contributed by atoms with van der Waals surface area (Å²) in [5.74, 6) is 0.529. The first kappa shape index (κ1) is 13.5. The van der Waals surface area contributed by atoms with Crippen LogP contribution < -0.4 is 10.1 Å². The van der Waals surface area contributed by atoms with Crippen LogP contribution in [-0.4, -0.2) is 31.2 Å². The molecule has 0 aliphatic carbocycles. The molecule has 0 aliphatic rings. The minimum atomic E-state index is -0.127. The first-order valence-electron chi connectivity index (χ1n) is 5.74. The van der Waals surface area contributed by atoms with Gasteiger partial charge in [0, 0.05) is 30.8 Å². The minimum absolute atomic E-state index is 0.127. The zero-order valence-electron chi connectivity index (χ0n) is 10.5. The third-order valence-electron chi connectivity index (χ3n) is 2.32. The molecule has 2 rings (SSSR count). The number of hydrogen-bond acceptors (Lipinski definition) is 5. The van der Waals surface area contributed by atoms with Crippen LogP contribution in [0.4, 0.5) is 0 Å². The second kappa shape index (κ2) is 6.86. The molecule has 1 aromatic heterocycles. The molecule has 1 N–H and O–H groups in total. The minimum Gasteiger partial charge on any atom is -0.431 e. The molecule has 1 heterocycles. The summed E-state index contributed by atoms with van der Waals surface area (Å²) in [5.41, 5.74) is 0.586. The van der Waals surface area contributed by atoms with E-state index in [0.717, 1.165) is 0 Å². The summed E-state index contributed by atoms with van der Waals surface area (Å²) in [6.07, 6.45) is 1.68. The van der Waals surface area contributed by atoms with Crippen LogP contribution in [0.15, 0.2) is 35.8 Å². The van der Waals surface area contributed by atoms with Gasteiger partial charge in [-0.3, -0.25) is 4.79 Å². The molecule has 5 nitrogen and oxygen atoms in total. The third kappa shape index (κ3) is 4.04. The van der Waals surface area contributed by atoms with E-state index in [-0.39, 0.29) is 5.91 Å². The van der Waals surface area contributed by atoms with E-state index >= 15 is 0 Å². The fourth-order valence-electron chi connectivity index (χ4n) is 1.40. The second-order valence-electron chi connectivity index (χ2n) is 3.67. The van der Waals surface area contributed by atoms with Crippen molar-refractivity contribution in [2.75, 3.05) is 20.3 Å². The number of thiazole rings is 1. The van der Waals surface area contributed by atoms with Crippen molar-refractivity contribution in [3.8, 4) is 10.9 Å². The van der Waals surface area contributed by atoms with Crippen LogP contribution in [0.25, 0.3) is 0 Å². The molecule has 0 aliphatic heterocycles. The lowest BCUT2D eigenvalue weighted by Crippen LogP contribution is -2.26. The van der Waals surface area contributed by atoms with Crippen LogP contribution in [0.5, 0.6) is 10.9 Å². The molecule has 6 heteroatoms. The van der Waals surface area contributed by atoms with Crippen LogP contribution in [0, 0.1) is 0 Å². The number of methoxy groups -OCH3 is 1. The monoisotopic (exact) mass is 278 g/mol. The van der Waals surface area contributed by atoms with Gasteiger partial charge in [0.2, 0.25) is 0 Å². The fourth-order valence-corrected chi connectivity index (χ4v) is 1.91. The lowest BCUT2D eigenvalue weighted by atomic mass is 10.2. The van der Waals surface area contributed by atoms with Gasteiger partial charge >= 0.3 is 0 Å². The van der Waals surface area contributed by atoms with Gasteiger partial charge in [-0.25, -0.2) is 4.98 Å². The number of nitrogens with one attached hydrogen (secondary N) is 1. The summed E-state index contributed by atoms with van der Waals surface area (Å²) in [6.45, 7) is 0.990. The number of aromatic nitrogens is 1. The highest BCUT2D eigenvalue weighted by atomic mass is 32.1. The first-order valence-corrected chi connectivity index (χ1v) is 6.62. The Morgan fingerprint density at radius 1 is 1.37 bits per heavy atom. The first-order chi connectivity index (χ1) is 9.29. The Morgan fingerprint density at radius 2 is 2.16 bits per heavy atom. The van der Waals surface area contributed by atoms with Crippen molar-refractivity contribution < 1.29 is 14.3 Å². The smallest absolute Gasteiger partial charge is 0.278 e. The largest absolute Gasteiger partial charge is 0.431 e. The van der Waals surface area contributed by atoms with Gasteiger partial charge in [-0.05, 0) is 24.3 Å². The summed E-state index contributed by atoms with van der Waals surface area (Å²) in [4.78, 5) is 15.8. The average molecular weight is 278 g/mol. The molecule has 2 aromatic rings. The summed E-state index contributed by atoms with van der Waals surface area (Å²) in [5, 5.41) is 5.17. The molecule has 19 heavy (non-hydrogen) atoms. The Morgan fingerprint density at radius 3 is 2.79 bits per heavy atom. The van der Waals surface area contributed by atoms with E-state index in [4.69, 9.17) is 9.47 Å². The standard InChI is InChI=1S/C13H14N2O3S/c1-17-8-6-14-12(16)10-2-4-11(5-3-10)18-13-15-7-9-19-13/h2-5,7,9H,6,8H2,1H3,(H,14,16). The molecule has 0 fully saturated rings. The van der Waals surface area contributed by atoms with Crippen molar-refractivity contribution in [1.82, 2.24) is 10.3 Å². The molecule has 1 amide bonds. The van der Waals surface area contributed by atoms with Crippen LogP contribution in [-0.2, 0) is 4.74 Å². The van der Waals surface area contributed by atoms with Crippen molar-refractivity contribution in [2.24, 2.45) is 0 Å². The molecule has 0 spiro atoms. The number of ether oxygens (including phenoxy) is 2. The Balaban J connectivity index is 1.92. The van der Waals surface area contributed by atoms with Crippen molar-refractivity contribution in [3.05, 3.63) is 41.4 Å². The molecule has 0 unspecified atom stereocenters. The number of nitrogens with zero attached hydrogens (tertiary/aromatic N) is 1. The lowest BCUT2D eigenvalue weighted by Gasteiger charge is -2.05. The molecule has 0 atom stereocenters. The normalized spacial score (nSPS) is 10.2. The number of rotatable bonds is 6. The highest BCUT2D eigenvalue weighted by Crippen LogP contribution is 2.23. The second-order valence-corrected chi connectivity index (χ2v) is 4.53. The Labute approximate surface area is 115 Å². The average Bonchev–Trinajstić information content (AvgIpc) is 2.93. The molecule has 0 saturated carbocycles. The van der Waals surface area contributed by atoms with Gasteiger partial charge in [0.05, 0.1) is 6.61 Å². The van der Waals surface area contributed by atoms with E-state index < -0.39 is 0 Å². The van der Waals surface area contributed by atoms with Crippen LogP contribution in [0.3, 0.4) is 0 Å². The summed E-state index contributed by atoms with van der Waals surface area (Å²) < 4.78 is 10.4. The predicted octanol–water partition coefficient (Wildman–Crippen LogP) is 2.31. The van der Waals surface area contributed by atoms with Crippen LogP contribution >= 0.6 is 11.3 Å². The van der Waals surface area contributed by atoms with E-state index in [0.29, 0.717) is 29.7 Å². The van der Waals surface area contributed by atoms with Crippen molar-refractivity contribution >= 4 is 17.2 Å². The number of carbonyl (C=O) groups is 1. The zero-order valence-corrected chi connectivity index (χ0v) is 11.3. The molecule has 1 aromatic carbocycles. The van der Waals surface area contributed by atoms with E-state index in [2.05, 4.69) is 10.3 Å². The highest BCUT2D eigenvalue weighted by molar-refractivity contribution is 7.11. The number of hydrogen-bond donors (Lipinski definition) is 1. The molecule has 100 valence electrons. The van der Waals surface area contributed by atoms with Crippen molar-refractivity contribution in [3.63, 3.8) is 0 Å². The Kier molecular flexibility index (Phi) is 4.88. The van der Waals surface area contributed by atoms with Crippen molar-refractivity contribution in [2.45, 2.75) is 0 Å². The molecule has 0 bridgehead atoms. The van der Waals surface area contributed by atoms with E-state index in [1.165, 1.54) is 11.3 Å². The van der Waals surface area contributed by atoms with Crippen LogP contribution in [0.2, 0.25) is 0 Å². The summed E-state index contributed by atoms with van der Waals surface area (Å²) >= 11 is 1.42. The fraction of sp³-hybridized carbons (Fsp3) is 0.231. The van der Waals surface area contributed by atoms with E-state index in [1.807, 2.05) is 5.38 Å². The highest BCUT2D eigenvalue weighted by Gasteiger charge is 2.05. The Hall–Kier alpha value is -1.92. The third-order valence-corrected chi connectivity index (χ3v) is 2.97. The van der Waals surface area contributed by atoms with Gasteiger partial charge in [0.25, 0.3) is 11.1 Å².